The second kappa shape index (κ2) is 5.45. The van der Waals surface area contributed by atoms with Crippen molar-refractivity contribution in [2.45, 2.75) is 38.8 Å². The minimum absolute atomic E-state index is 0.156. The molecule has 2 aliphatic rings. The fourth-order valence-electron chi connectivity index (χ4n) is 2.57. The summed E-state index contributed by atoms with van der Waals surface area (Å²) in [5, 5.41) is 3.34. The monoisotopic (exact) mass is 256 g/mol. The number of carbonyl (C=O) groups is 1. The third-order valence-electron chi connectivity index (χ3n) is 3.44. The van der Waals surface area contributed by atoms with E-state index in [2.05, 4.69) is 5.32 Å². The molecule has 2 unspecified atom stereocenters. The molecule has 2 atom stereocenters. The van der Waals surface area contributed by atoms with Crippen molar-refractivity contribution in [3.63, 3.8) is 0 Å². The minimum Gasteiger partial charge on any atom is -0.444 e. The molecule has 0 radical (unpaired) electrons. The fraction of sp³-hybridized carbons (Fsp3) is 0.923. The Bertz CT molecular complexity index is 295. The molecule has 2 aliphatic heterocycles. The van der Waals surface area contributed by atoms with Crippen molar-refractivity contribution >= 4 is 6.09 Å². The van der Waals surface area contributed by atoms with Gasteiger partial charge < -0.3 is 19.7 Å². The SMILES string of the molecule is CC(C)(C)OC(=O)N1CCOCC1C1CCNC1. The van der Waals surface area contributed by atoms with Crippen molar-refractivity contribution < 1.29 is 14.3 Å². The first-order valence-corrected chi connectivity index (χ1v) is 6.75. The van der Waals surface area contributed by atoms with Crippen molar-refractivity contribution in [3.05, 3.63) is 0 Å². The normalized spacial score (nSPS) is 29.4. The van der Waals surface area contributed by atoms with E-state index in [0.717, 1.165) is 19.5 Å². The largest absolute Gasteiger partial charge is 0.444 e. The molecule has 1 N–H and O–H groups in total. The van der Waals surface area contributed by atoms with Crippen LogP contribution in [-0.2, 0) is 9.47 Å². The summed E-state index contributed by atoms with van der Waals surface area (Å²) in [5.41, 5.74) is -0.437. The van der Waals surface area contributed by atoms with Crippen LogP contribution in [0.4, 0.5) is 4.79 Å². The minimum atomic E-state index is -0.437. The first-order valence-electron chi connectivity index (χ1n) is 6.75. The Hall–Kier alpha value is -0.810. The maximum absolute atomic E-state index is 12.2. The summed E-state index contributed by atoms with van der Waals surface area (Å²) in [7, 11) is 0. The molecule has 0 aromatic rings. The third kappa shape index (κ3) is 3.36. The second-order valence-corrected chi connectivity index (χ2v) is 6.07. The van der Waals surface area contributed by atoms with E-state index in [0.29, 0.717) is 25.7 Å². The van der Waals surface area contributed by atoms with Crippen molar-refractivity contribution in [3.8, 4) is 0 Å². The number of nitrogens with zero attached hydrogens (tertiary/aromatic N) is 1. The predicted molar refractivity (Wildman–Crippen MR) is 68.5 cm³/mol. The van der Waals surface area contributed by atoms with Gasteiger partial charge in [-0.1, -0.05) is 0 Å². The number of hydrogen-bond acceptors (Lipinski definition) is 4. The Morgan fingerprint density at radius 1 is 1.44 bits per heavy atom. The molecular weight excluding hydrogens is 232 g/mol. The summed E-state index contributed by atoms with van der Waals surface area (Å²) < 4.78 is 11.0. The summed E-state index contributed by atoms with van der Waals surface area (Å²) in [6, 6.07) is 0.156. The first kappa shape index (κ1) is 13.6. The van der Waals surface area contributed by atoms with E-state index >= 15 is 0 Å². The predicted octanol–water partition coefficient (Wildman–Crippen LogP) is 1.23. The maximum Gasteiger partial charge on any atom is 0.410 e. The summed E-state index contributed by atoms with van der Waals surface area (Å²) in [6.07, 6.45) is 0.899. The Morgan fingerprint density at radius 3 is 2.83 bits per heavy atom. The van der Waals surface area contributed by atoms with E-state index < -0.39 is 5.60 Å². The average molecular weight is 256 g/mol. The molecule has 0 aliphatic carbocycles. The molecule has 0 saturated carbocycles. The van der Waals surface area contributed by atoms with Crippen LogP contribution in [-0.4, -0.2) is 55.5 Å². The van der Waals surface area contributed by atoms with Gasteiger partial charge in [0.15, 0.2) is 0 Å². The van der Waals surface area contributed by atoms with E-state index in [-0.39, 0.29) is 12.1 Å². The second-order valence-electron chi connectivity index (χ2n) is 6.07. The number of nitrogens with one attached hydrogen (secondary N) is 1. The van der Waals surface area contributed by atoms with Gasteiger partial charge >= 0.3 is 6.09 Å². The molecule has 0 bridgehead atoms. The molecule has 0 spiro atoms. The van der Waals surface area contributed by atoms with Crippen LogP contribution >= 0.6 is 0 Å². The molecule has 104 valence electrons. The van der Waals surface area contributed by atoms with Crippen LogP contribution in [0.5, 0.6) is 0 Å². The standard InChI is InChI=1S/C13H24N2O3/c1-13(2,3)18-12(16)15-6-7-17-9-11(15)10-4-5-14-8-10/h10-11,14H,4-9H2,1-3H3. The Labute approximate surface area is 109 Å². The van der Waals surface area contributed by atoms with E-state index in [1.54, 1.807) is 0 Å². The molecule has 2 heterocycles. The zero-order valence-corrected chi connectivity index (χ0v) is 11.6. The Morgan fingerprint density at radius 2 is 2.22 bits per heavy atom. The van der Waals surface area contributed by atoms with Crippen molar-refractivity contribution in [2.75, 3.05) is 32.8 Å². The van der Waals surface area contributed by atoms with E-state index in [1.807, 2.05) is 25.7 Å². The molecule has 2 fully saturated rings. The van der Waals surface area contributed by atoms with Gasteiger partial charge in [0, 0.05) is 13.1 Å². The number of rotatable bonds is 1. The van der Waals surface area contributed by atoms with Crippen molar-refractivity contribution in [2.24, 2.45) is 5.92 Å². The average Bonchev–Trinajstić information content (AvgIpc) is 2.80. The number of carbonyl (C=O) groups excluding carboxylic acids is 1. The van der Waals surface area contributed by atoms with E-state index in [4.69, 9.17) is 9.47 Å². The zero-order valence-electron chi connectivity index (χ0n) is 11.6. The smallest absolute Gasteiger partial charge is 0.410 e. The van der Waals surface area contributed by atoms with Crippen LogP contribution in [0.2, 0.25) is 0 Å². The summed E-state index contributed by atoms with van der Waals surface area (Å²) in [6.45, 7) is 9.57. The topological polar surface area (TPSA) is 50.8 Å². The molecule has 18 heavy (non-hydrogen) atoms. The molecule has 1 amide bonds. The first-order chi connectivity index (χ1) is 8.47. The highest BCUT2D eigenvalue weighted by Gasteiger charge is 2.36. The van der Waals surface area contributed by atoms with Gasteiger partial charge in [0.05, 0.1) is 19.3 Å². The zero-order chi connectivity index (χ0) is 13.2. The van der Waals surface area contributed by atoms with Gasteiger partial charge in [0.1, 0.15) is 5.60 Å². The van der Waals surface area contributed by atoms with Gasteiger partial charge in [0.2, 0.25) is 0 Å². The van der Waals surface area contributed by atoms with Crippen LogP contribution in [0.3, 0.4) is 0 Å². The number of amides is 1. The van der Waals surface area contributed by atoms with Crippen LogP contribution in [0.15, 0.2) is 0 Å². The highest BCUT2D eigenvalue weighted by atomic mass is 16.6. The quantitative estimate of drug-likeness (QED) is 0.766. The van der Waals surface area contributed by atoms with Crippen LogP contribution in [0, 0.1) is 5.92 Å². The number of ether oxygens (including phenoxy) is 2. The summed E-state index contributed by atoms with van der Waals surface area (Å²) >= 11 is 0. The lowest BCUT2D eigenvalue weighted by Gasteiger charge is -2.39. The molecule has 2 saturated heterocycles. The third-order valence-corrected chi connectivity index (χ3v) is 3.44. The number of hydrogen-bond donors (Lipinski definition) is 1. The van der Waals surface area contributed by atoms with Gasteiger partial charge in [-0.05, 0) is 39.7 Å². The van der Waals surface area contributed by atoms with Crippen LogP contribution in [0.25, 0.3) is 0 Å². The molecule has 0 aromatic heterocycles. The molecule has 5 nitrogen and oxygen atoms in total. The lowest BCUT2D eigenvalue weighted by molar-refractivity contribution is -0.0445. The van der Waals surface area contributed by atoms with E-state index in [1.165, 1.54) is 0 Å². The lowest BCUT2D eigenvalue weighted by atomic mass is 9.97. The molecule has 5 heteroatoms. The maximum atomic E-state index is 12.2. The fourth-order valence-corrected chi connectivity index (χ4v) is 2.57. The van der Waals surface area contributed by atoms with Crippen molar-refractivity contribution in [1.82, 2.24) is 10.2 Å². The van der Waals surface area contributed by atoms with Gasteiger partial charge in [-0.3, -0.25) is 0 Å². The molecule has 0 aromatic carbocycles. The summed E-state index contributed by atoms with van der Waals surface area (Å²) in [4.78, 5) is 14.1. The van der Waals surface area contributed by atoms with Crippen LogP contribution < -0.4 is 5.32 Å². The number of morpholine rings is 1. The Balaban J connectivity index is 2.00. The molecule has 2 rings (SSSR count). The van der Waals surface area contributed by atoms with Gasteiger partial charge in [-0.25, -0.2) is 4.79 Å². The van der Waals surface area contributed by atoms with E-state index in [9.17, 15) is 4.79 Å². The Kier molecular flexibility index (Phi) is 4.12. The highest BCUT2D eigenvalue weighted by molar-refractivity contribution is 5.68. The van der Waals surface area contributed by atoms with Crippen molar-refractivity contribution in [1.29, 1.82) is 0 Å². The van der Waals surface area contributed by atoms with Gasteiger partial charge in [-0.15, -0.1) is 0 Å². The molecular formula is C13H24N2O3. The van der Waals surface area contributed by atoms with Gasteiger partial charge in [-0.2, -0.15) is 0 Å². The highest BCUT2D eigenvalue weighted by Crippen LogP contribution is 2.23. The summed E-state index contributed by atoms with van der Waals surface area (Å²) in [5.74, 6) is 0.484. The van der Waals surface area contributed by atoms with Gasteiger partial charge in [0.25, 0.3) is 0 Å². The lowest BCUT2D eigenvalue weighted by Crippen LogP contribution is -2.53. The van der Waals surface area contributed by atoms with Crippen LogP contribution in [0.1, 0.15) is 27.2 Å².